The van der Waals surface area contributed by atoms with E-state index in [-0.39, 0.29) is 11.9 Å². The van der Waals surface area contributed by atoms with Gasteiger partial charge >= 0.3 is 5.97 Å². The summed E-state index contributed by atoms with van der Waals surface area (Å²) < 4.78 is 4.86. The number of anilines is 1. The molecule has 0 aliphatic rings. The van der Waals surface area contributed by atoms with Crippen LogP contribution in [0.4, 0.5) is 5.82 Å². The molecule has 1 aromatic heterocycles. The van der Waals surface area contributed by atoms with E-state index < -0.39 is 0 Å². The number of rotatable bonds is 7. The lowest BCUT2D eigenvalue weighted by atomic mass is 10.3. The smallest absolute Gasteiger partial charge is 0.339 e. The molecule has 6 nitrogen and oxygen atoms in total. The lowest BCUT2D eigenvalue weighted by molar-refractivity contribution is -0.120. The maximum Gasteiger partial charge on any atom is 0.339 e. The minimum absolute atomic E-state index is 0.00172. The van der Waals surface area contributed by atoms with Crippen LogP contribution in [0.15, 0.2) is 18.3 Å². The lowest BCUT2D eigenvalue weighted by Crippen LogP contribution is -2.24. The standard InChI is InChI=1S/C13H19N3O3/c1-3-14-12(17)7-8-15-11-6-5-10(9-16-11)13(18)19-4-2/h5-6,9H,3-4,7-8H2,1-2H3,(H,14,17)(H,15,16). The Morgan fingerprint density at radius 3 is 2.68 bits per heavy atom. The van der Waals surface area contributed by atoms with Gasteiger partial charge in [0.1, 0.15) is 5.82 Å². The molecule has 0 atom stereocenters. The number of carbonyl (C=O) groups excluding carboxylic acids is 2. The Hall–Kier alpha value is -2.11. The normalized spacial score (nSPS) is 9.79. The maximum atomic E-state index is 11.4. The fourth-order valence-electron chi connectivity index (χ4n) is 1.42. The highest BCUT2D eigenvalue weighted by Gasteiger charge is 2.06. The molecule has 0 bridgehead atoms. The van der Waals surface area contributed by atoms with Crippen molar-refractivity contribution in [3.8, 4) is 0 Å². The second-order valence-corrected chi connectivity index (χ2v) is 3.78. The molecule has 0 saturated heterocycles. The quantitative estimate of drug-likeness (QED) is 0.724. The molecule has 6 heteroatoms. The average molecular weight is 265 g/mol. The van der Waals surface area contributed by atoms with Crippen LogP contribution in [-0.2, 0) is 9.53 Å². The van der Waals surface area contributed by atoms with Crippen LogP contribution in [0.1, 0.15) is 30.6 Å². The van der Waals surface area contributed by atoms with Crippen molar-refractivity contribution in [2.75, 3.05) is 25.0 Å². The number of ether oxygens (including phenoxy) is 1. The zero-order chi connectivity index (χ0) is 14.1. The number of nitrogens with zero attached hydrogens (tertiary/aromatic N) is 1. The monoisotopic (exact) mass is 265 g/mol. The summed E-state index contributed by atoms with van der Waals surface area (Å²) in [6, 6.07) is 3.32. The van der Waals surface area contributed by atoms with E-state index in [4.69, 9.17) is 4.74 Å². The first-order valence-corrected chi connectivity index (χ1v) is 6.31. The minimum atomic E-state index is -0.385. The Morgan fingerprint density at radius 2 is 2.11 bits per heavy atom. The van der Waals surface area contributed by atoms with Crippen molar-refractivity contribution in [3.63, 3.8) is 0 Å². The molecule has 0 aliphatic carbocycles. The molecule has 0 fully saturated rings. The summed E-state index contributed by atoms with van der Waals surface area (Å²) in [5.41, 5.74) is 0.413. The largest absolute Gasteiger partial charge is 0.462 e. The van der Waals surface area contributed by atoms with Crippen LogP contribution in [0.2, 0.25) is 0 Å². The molecular formula is C13H19N3O3. The van der Waals surface area contributed by atoms with Crippen molar-refractivity contribution in [1.82, 2.24) is 10.3 Å². The van der Waals surface area contributed by atoms with Gasteiger partial charge in [0.25, 0.3) is 0 Å². The van der Waals surface area contributed by atoms with Crippen LogP contribution < -0.4 is 10.6 Å². The first kappa shape index (κ1) is 14.9. The number of hydrogen-bond acceptors (Lipinski definition) is 5. The third-order valence-electron chi connectivity index (χ3n) is 2.31. The van der Waals surface area contributed by atoms with Gasteiger partial charge < -0.3 is 15.4 Å². The molecule has 2 N–H and O–H groups in total. The number of carbonyl (C=O) groups is 2. The van der Waals surface area contributed by atoms with Crippen molar-refractivity contribution >= 4 is 17.7 Å². The van der Waals surface area contributed by atoms with E-state index in [9.17, 15) is 9.59 Å². The van der Waals surface area contributed by atoms with Crippen molar-refractivity contribution in [2.45, 2.75) is 20.3 Å². The van der Waals surface area contributed by atoms with E-state index in [1.54, 1.807) is 19.1 Å². The molecule has 0 radical (unpaired) electrons. The molecule has 0 saturated carbocycles. The number of aromatic nitrogens is 1. The van der Waals surface area contributed by atoms with Gasteiger partial charge in [-0.05, 0) is 26.0 Å². The highest BCUT2D eigenvalue weighted by molar-refractivity contribution is 5.89. The van der Waals surface area contributed by atoms with Crippen LogP contribution in [0.5, 0.6) is 0 Å². The van der Waals surface area contributed by atoms with Gasteiger partial charge in [0.05, 0.1) is 12.2 Å². The summed E-state index contributed by atoms with van der Waals surface area (Å²) in [6.07, 6.45) is 1.83. The van der Waals surface area contributed by atoms with Gasteiger partial charge in [-0.25, -0.2) is 9.78 Å². The molecular weight excluding hydrogens is 246 g/mol. The molecule has 1 heterocycles. The Labute approximate surface area is 112 Å². The minimum Gasteiger partial charge on any atom is -0.462 e. The molecule has 1 aromatic rings. The second-order valence-electron chi connectivity index (χ2n) is 3.78. The van der Waals surface area contributed by atoms with Gasteiger partial charge in [0, 0.05) is 25.7 Å². The second kappa shape index (κ2) is 8.07. The Balaban J connectivity index is 2.40. The highest BCUT2D eigenvalue weighted by Crippen LogP contribution is 2.06. The van der Waals surface area contributed by atoms with E-state index in [0.29, 0.717) is 37.5 Å². The topological polar surface area (TPSA) is 80.3 Å². The molecule has 104 valence electrons. The van der Waals surface area contributed by atoms with Crippen LogP contribution >= 0.6 is 0 Å². The number of esters is 1. The van der Waals surface area contributed by atoms with E-state index in [1.807, 2.05) is 6.92 Å². The molecule has 1 rings (SSSR count). The zero-order valence-corrected chi connectivity index (χ0v) is 11.2. The third-order valence-corrected chi connectivity index (χ3v) is 2.31. The maximum absolute atomic E-state index is 11.4. The summed E-state index contributed by atoms with van der Waals surface area (Å²) in [5, 5.41) is 5.72. The number of pyridine rings is 1. The predicted molar refractivity (Wildman–Crippen MR) is 72.0 cm³/mol. The van der Waals surface area contributed by atoms with Crippen molar-refractivity contribution in [2.24, 2.45) is 0 Å². The summed E-state index contributed by atoms with van der Waals surface area (Å²) in [4.78, 5) is 26.7. The van der Waals surface area contributed by atoms with Crippen LogP contribution in [-0.4, -0.2) is 36.6 Å². The molecule has 19 heavy (non-hydrogen) atoms. The third kappa shape index (κ3) is 5.37. The van der Waals surface area contributed by atoms with Crippen LogP contribution in [0.25, 0.3) is 0 Å². The van der Waals surface area contributed by atoms with Gasteiger partial charge in [0.2, 0.25) is 5.91 Å². The SMILES string of the molecule is CCNC(=O)CCNc1ccc(C(=O)OCC)cn1. The molecule has 0 aromatic carbocycles. The number of nitrogens with one attached hydrogen (secondary N) is 2. The van der Waals surface area contributed by atoms with Gasteiger partial charge in [-0.2, -0.15) is 0 Å². The molecule has 0 spiro atoms. The Bertz CT molecular complexity index is 418. The zero-order valence-electron chi connectivity index (χ0n) is 11.2. The predicted octanol–water partition coefficient (Wildman–Crippen LogP) is 1.20. The summed E-state index contributed by atoms with van der Waals surface area (Å²) in [7, 11) is 0. The Morgan fingerprint density at radius 1 is 1.32 bits per heavy atom. The van der Waals surface area contributed by atoms with Crippen molar-refractivity contribution in [1.29, 1.82) is 0 Å². The van der Waals surface area contributed by atoms with E-state index in [0.717, 1.165) is 0 Å². The van der Waals surface area contributed by atoms with Gasteiger partial charge in [-0.3, -0.25) is 4.79 Å². The van der Waals surface area contributed by atoms with Gasteiger partial charge in [-0.15, -0.1) is 0 Å². The van der Waals surface area contributed by atoms with E-state index in [2.05, 4.69) is 15.6 Å². The number of hydrogen-bond donors (Lipinski definition) is 2. The van der Waals surface area contributed by atoms with Crippen LogP contribution in [0.3, 0.4) is 0 Å². The summed E-state index contributed by atoms with van der Waals surface area (Å²) in [5.74, 6) is 0.236. The number of amides is 1. The first-order chi connectivity index (χ1) is 9.17. The van der Waals surface area contributed by atoms with Crippen molar-refractivity contribution in [3.05, 3.63) is 23.9 Å². The van der Waals surface area contributed by atoms with Gasteiger partial charge in [0.15, 0.2) is 0 Å². The van der Waals surface area contributed by atoms with Crippen LogP contribution in [0, 0.1) is 0 Å². The average Bonchev–Trinajstić information content (AvgIpc) is 2.40. The van der Waals surface area contributed by atoms with Crippen molar-refractivity contribution < 1.29 is 14.3 Å². The lowest BCUT2D eigenvalue weighted by Gasteiger charge is -2.06. The fourth-order valence-corrected chi connectivity index (χ4v) is 1.42. The van der Waals surface area contributed by atoms with E-state index >= 15 is 0 Å². The summed E-state index contributed by atoms with van der Waals surface area (Å²) >= 11 is 0. The molecule has 1 amide bonds. The Kier molecular flexibility index (Phi) is 6.35. The summed E-state index contributed by atoms with van der Waals surface area (Å²) in [6.45, 7) is 5.10. The van der Waals surface area contributed by atoms with E-state index in [1.165, 1.54) is 6.20 Å². The fraction of sp³-hybridized carbons (Fsp3) is 0.462. The highest BCUT2D eigenvalue weighted by atomic mass is 16.5. The first-order valence-electron chi connectivity index (χ1n) is 6.31. The van der Waals surface area contributed by atoms with Gasteiger partial charge in [-0.1, -0.05) is 0 Å². The molecule has 0 unspecified atom stereocenters. The molecule has 0 aliphatic heterocycles.